The molecule has 0 atom stereocenters. The summed E-state index contributed by atoms with van der Waals surface area (Å²) in [5.41, 5.74) is 3.30. The fourth-order valence-corrected chi connectivity index (χ4v) is 3.62. The van der Waals surface area contributed by atoms with E-state index >= 15 is 0 Å². The fraction of sp³-hybridized carbons (Fsp3) is 0.235. The minimum atomic E-state index is -3.56. The molecule has 2 aromatic rings. The van der Waals surface area contributed by atoms with E-state index in [0.717, 1.165) is 11.1 Å². The lowest BCUT2D eigenvalue weighted by atomic mass is 10.1. The van der Waals surface area contributed by atoms with E-state index in [9.17, 15) is 13.2 Å². The van der Waals surface area contributed by atoms with Crippen LogP contribution in [-0.4, -0.2) is 20.1 Å². The van der Waals surface area contributed by atoms with Crippen molar-refractivity contribution >= 4 is 33.0 Å². The fourth-order valence-electron chi connectivity index (χ4n) is 2.15. The highest BCUT2D eigenvalue weighted by Gasteiger charge is 2.18. The molecule has 0 saturated heterocycles. The summed E-state index contributed by atoms with van der Waals surface area (Å²) in [5, 5.41) is 3.09. The third kappa shape index (κ3) is 5.37. The van der Waals surface area contributed by atoms with Gasteiger partial charge in [-0.05, 0) is 54.8 Å². The Morgan fingerprint density at radius 3 is 2.48 bits per heavy atom. The molecule has 0 fully saturated rings. The van der Waals surface area contributed by atoms with Crippen molar-refractivity contribution in [1.29, 1.82) is 0 Å². The number of anilines is 1. The topological polar surface area (TPSA) is 63.2 Å². The number of hydrogen-bond acceptors (Lipinski definition) is 3. The van der Waals surface area contributed by atoms with Crippen LogP contribution in [0.5, 0.6) is 0 Å². The first kappa shape index (κ1) is 17.5. The Morgan fingerprint density at radius 1 is 1.09 bits per heavy atom. The Hall–Kier alpha value is -1.85. The Bertz CT molecular complexity index is 831. The van der Waals surface area contributed by atoms with Crippen LogP contribution in [0.3, 0.4) is 0 Å². The molecule has 1 N–H and O–H groups in total. The third-order valence-corrected chi connectivity index (χ3v) is 5.13. The Kier molecular flexibility index (Phi) is 5.44. The minimum Gasteiger partial charge on any atom is -0.325 e. The van der Waals surface area contributed by atoms with Crippen LogP contribution < -0.4 is 5.32 Å². The maximum atomic E-state index is 12.1. The minimum absolute atomic E-state index is 0.214. The van der Waals surface area contributed by atoms with Crippen LogP contribution in [0.25, 0.3) is 0 Å². The molecule has 1 amide bonds. The van der Waals surface area contributed by atoms with E-state index < -0.39 is 21.5 Å². The maximum absolute atomic E-state index is 12.1. The number of sulfone groups is 1. The van der Waals surface area contributed by atoms with Gasteiger partial charge in [-0.1, -0.05) is 29.8 Å². The Morgan fingerprint density at radius 2 is 1.83 bits per heavy atom. The molecular formula is C17H18ClNO3S. The van der Waals surface area contributed by atoms with Gasteiger partial charge in [0.15, 0.2) is 9.84 Å². The van der Waals surface area contributed by atoms with Crippen LogP contribution in [0.2, 0.25) is 5.02 Å². The van der Waals surface area contributed by atoms with Crippen LogP contribution >= 0.6 is 11.6 Å². The molecule has 2 rings (SSSR count). The number of nitrogens with one attached hydrogen (secondary N) is 1. The predicted octanol–water partition coefficient (Wildman–Crippen LogP) is 3.51. The van der Waals surface area contributed by atoms with Gasteiger partial charge in [0, 0.05) is 10.7 Å². The van der Waals surface area contributed by atoms with Crippen molar-refractivity contribution in [1.82, 2.24) is 0 Å². The van der Waals surface area contributed by atoms with Gasteiger partial charge in [-0.25, -0.2) is 8.42 Å². The van der Waals surface area contributed by atoms with Crippen molar-refractivity contribution in [2.24, 2.45) is 0 Å². The molecule has 0 radical (unpaired) electrons. The van der Waals surface area contributed by atoms with Gasteiger partial charge in [0.25, 0.3) is 0 Å². The predicted molar refractivity (Wildman–Crippen MR) is 93.5 cm³/mol. The molecule has 0 aliphatic heterocycles. The zero-order valence-electron chi connectivity index (χ0n) is 13.0. The molecule has 0 aliphatic rings. The summed E-state index contributed by atoms with van der Waals surface area (Å²) in [6, 6.07) is 12.1. The van der Waals surface area contributed by atoms with Crippen molar-refractivity contribution < 1.29 is 13.2 Å². The molecule has 0 spiro atoms. The summed E-state index contributed by atoms with van der Waals surface area (Å²) in [6.45, 7) is 3.90. The molecule has 0 heterocycles. The van der Waals surface area contributed by atoms with Crippen molar-refractivity contribution in [2.45, 2.75) is 19.6 Å². The van der Waals surface area contributed by atoms with Gasteiger partial charge < -0.3 is 5.32 Å². The molecule has 0 aliphatic carbocycles. The van der Waals surface area contributed by atoms with Crippen LogP contribution in [0.1, 0.15) is 16.7 Å². The van der Waals surface area contributed by atoms with Gasteiger partial charge in [-0.3, -0.25) is 4.79 Å². The largest absolute Gasteiger partial charge is 0.325 e. The summed E-state index contributed by atoms with van der Waals surface area (Å²) >= 11 is 5.84. The maximum Gasteiger partial charge on any atom is 0.239 e. The second kappa shape index (κ2) is 7.15. The van der Waals surface area contributed by atoms with Gasteiger partial charge >= 0.3 is 0 Å². The highest BCUT2D eigenvalue weighted by atomic mass is 35.5. The molecule has 23 heavy (non-hydrogen) atoms. The highest BCUT2D eigenvalue weighted by molar-refractivity contribution is 7.91. The Labute approximate surface area is 141 Å². The normalized spacial score (nSPS) is 11.3. The van der Waals surface area contributed by atoms with E-state index in [2.05, 4.69) is 5.32 Å². The average Bonchev–Trinajstić information content (AvgIpc) is 2.41. The zero-order chi connectivity index (χ0) is 17.0. The first-order valence-electron chi connectivity index (χ1n) is 7.07. The number of halogens is 1. The molecule has 122 valence electrons. The van der Waals surface area contributed by atoms with Gasteiger partial charge in [0.05, 0.1) is 5.75 Å². The second-order valence-electron chi connectivity index (χ2n) is 5.51. The lowest BCUT2D eigenvalue weighted by molar-refractivity contribution is -0.113. The van der Waals surface area contributed by atoms with E-state index in [1.165, 1.54) is 0 Å². The van der Waals surface area contributed by atoms with Crippen molar-refractivity contribution in [3.8, 4) is 0 Å². The van der Waals surface area contributed by atoms with Crippen LogP contribution in [-0.2, 0) is 20.4 Å². The number of aryl methyl sites for hydroxylation is 2. The van der Waals surface area contributed by atoms with Crippen LogP contribution in [0, 0.1) is 13.8 Å². The average molecular weight is 352 g/mol. The number of carbonyl (C=O) groups excluding carboxylic acids is 1. The van der Waals surface area contributed by atoms with Gasteiger partial charge in [0.1, 0.15) is 5.75 Å². The van der Waals surface area contributed by atoms with E-state index in [1.807, 2.05) is 26.0 Å². The molecular weight excluding hydrogens is 334 g/mol. The van der Waals surface area contributed by atoms with E-state index in [-0.39, 0.29) is 5.75 Å². The molecule has 2 aromatic carbocycles. The molecule has 0 bridgehead atoms. The highest BCUT2D eigenvalue weighted by Crippen LogP contribution is 2.16. The number of benzene rings is 2. The lowest BCUT2D eigenvalue weighted by Crippen LogP contribution is -2.24. The van der Waals surface area contributed by atoms with Gasteiger partial charge in [0.2, 0.25) is 5.91 Å². The SMILES string of the molecule is Cc1ccc(NC(=O)CS(=O)(=O)Cc2cccc(Cl)c2)cc1C. The number of amides is 1. The number of rotatable bonds is 5. The van der Waals surface area contributed by atoms with Gasteiger partial charge in [-0.2, -0.15) is 0 Å². The summed E-state index contributed by atoms with van der Waals surface area (Å²) in [5.74, 6) is -1.32. The first-order chi connectivity index (χ1) is 10.7. The first-order valence-corrected chi connectivity index (χ1v) is 9.27. The summed E-state index contributed by atoms with van der Waals surface area (Å²) in [4.78, 5) is 12.0. The van der Waals surface area contributed by atoms with Crippen molar-refractivity contribution in [2.75, 3.05) is 11.1 Å². The standard InChI is InChI=1S/C17H18ClNO3S/c1-12-6-7-16(8-13(12)2)19-17(20)11-23(21,22)10-14-4-3-5-15(18)9-14/h3-9H,10-11H2,1-2H3,(H,19,20). The molecule has 4 nitrogen and oxygen atoms in total. The lowest BCUT2D eigenvalue weighted by Gasteiger charge is -2.08. The van der Waals surface area contributed by atoms with Crippen LogP contribution in [0.15, 0.2) is 42.5 Å². The molecule has 0 unspecified atom stereocenters. The Balaban J connectivity index is 2.02. The zero-order valence-corrected chi connectivity index (χ0v) is 14.5. The van der Waals surface area contributed by atoms with E-state index in [1.54, 1.807) is 30.3 Å². The van der Waals surface area contributed by atoms with Gasteiger partial charge in [-0.15, -0.1) is 0 Å². The molecule has 0 saturated carbocycles. The molecule has 0 aromatic heterocycles. The number of hydrogen-bond donors (Lipinski definition) is 1. The third-order valence-electron chi connectivity index (χ3n) is 3.42. The summed E-state index contributed by atoms with van der Waals surface area (Å²) in [7, 11) is -3.56. The number of carbonyl (C=O) groups is 1. The smallest absolute Gasteiger partial charge is 0.239 e. The monoisotopic (exact) mass is 351 g/mol. The van der Waals surface area contributed by atoms with Crippen molar-refractivity contribution in [3.05, 3.63) is 64.2 Å². The summed E-state index contributed by atoms with van der Waals surface area (Å²) < 4.78 is 24.3. The van der Waals surface area contributed by atoms with Crippen molar-refractivity contribution in [3.63, 3.8) is 0 Å². The van der Waals surface area contributed by atoms with E-state index in [4.69, 9.17) is 11.6 Å². The van der Waals surface area contributed by atoms with Crippen LogP contribution in [0.4, 0.5) is 5.69 Å². The summed E-state index contributed by atoms with van der Waals surface area (Å²) in [6.07, 6.45) is 0. The molecule has 6 heteroatoms. The second-order valence-corrected chi connectivity index (χ2v) is 8.01. The quantitative estimate of drug-likeness (QED) is 0.896. The van der Waals surface area contributed by atoms with E-state index in [0.29, 0.717) is 16.3 Å².